The number of nitrogens with zero attached hydrogens (tertiary/aromatic N) is 2. The zero-order valence-corrected chi connectivity index (χ0v) is 15.5. The number of pyridine rings is 1. The van der Waals surface area contributed by atoms with Crippen LogP contribution < -0.4 is 9.64 Å². The largest absolute Gasteiger partial charge is 0.481 e. The molecule has 3 rings (SSSR count). The summed E-state index contributed by atoms with van der Waals surface area (Å²) in [6.07, 6.45) is 2.84. The molecule has 0 N–H and O–H groups in total. The number of hydrogen-bond acceptors (Lipinski definition) is 6. The van der Waals surface area contributed by atoms with Gasteiger partial charge in [-0.15, -0.1) is 11.8 Å². The normalized spacial score (nSPS) is 14.6. The van der Waals surface area contributed by atoms with E-state index in [2.05, 4.69) is 9.88 Å². The van der Waals surface area contributed by atoms with E-state index in [1.165, 1.54) is 0 Å². The minimum atomic E-state index is -3.34. The van der Waals surface area contributed by atoms with Crippen molar-refractivity contribution in [3.8, 4) is 5.88 Å². The van der Waals surface area contributed by atoms with Gasteiger partial charge in [-0.1, -0.05) is 11.6 Å². The van der Waals surface area contributed by atoms with Crippen molar-refractivity contribution in [1.82, 2.24) is 4.98 Å². The van der Waals surface area contributed by atoms with Gasteiger partial charge in [0.25, 0.3) is 0 Å². The molecule has 2 aromatic rings. The third-order valence-corrected chi connectivity index (χ3v) is 5.93. The molecule has 0 amide bonds. The molecule has 1 aliphatic heterocycles. The SMILES string of the molecule is COc1cc(C2=CSCN2c2ccc(S(C)(=O)=O)c(Cl)c2)ccn1. The van der Waals surface area contributed by atoms with Crippen LogP contribution in [0.1, 0.15) is 5.56 Å². The monoisotopic (exact) mass is 382 g/mol. The van der Waals surface area contributed by atoms with Crippen molar-refractivity contribution in [2.45, 2.75) is 4.90 Å². The van der Waals surface area contributed by atoms with Crippen LogP contribution in [-0.2, 0) is 9.84 Å². The summed E-state index contributed by atoms with van der Waals surface area (Å²) in [5, 5.41) is 2.27. The van der Waals surface area contributed by atoms with Gasteiger partial charge < -0.3 is 9.64 Å². The number of hydrogen-bond donors (Lipinski definition) is 0. The lowest BCUT2D eigenvalue weighted by molar-refractivity contribution is 0.397. The summed E-state index contributed by atoms with van der Waals surface area (Å²) >= 11 is 7.82. The quantitative estimate of drug-likeness (QED) is 0.804. The molecular formula is C16H15ClN2O3S2. The van der Waals surface area contributed by atoms with Crippen LogP contribution in [0.3, 0.4) is 0 Å². The Kier molecular flexibility index (Phi) is 4.76. The first kappa shape index (κ1) is 17.1. The van der Waals surface area contributed by atoms with E-state index in [-0.39, 0.29) is 9.92 Å². The number of anilines is 1. The van der Waals surface area contributed by atoms with Gasteiger partial charge in [-0.3, -0.25) is 0 Å². The third kappa shape index (κ3) is 3.38. The van der Waals surface area contributed by atoms with Crippen LogP contribution in [0.4, 0.5) is 5.69 Å². The highest BCUT2D eigenvalue weighted by Crippen LogP contribution is 2.38. The van der Waals surface area contributed by atoms with Crippen molar-refractivity contribution in [3.63, 3.8) is 0 Å². The Morgan fingerprint density at radius 2 is 2.08 bits per heavy atom. The Balaban J connectivity index is 1.97. The smallest absolute Gasteiger partial charge is 0.213 e. The second-order valence-electron chi connectivity index (χ2n) is 5.20. The summed E-state index contributed by atoms with van der Waals surface area (Å²) in [7, 11) is -1.77. The minimum absolute atomic E-state index is 0.135. The zero-order valence-electron chi connectivity index (χ0n) is 13.1. The molecule has 0 fully saturated rings. The van der Waals surface area contributed by atoms with Crippen LogP contribution >= 0.6 is 23.4 Å². The van der Waals surface area contributed by atoms with Crippen molar-refractivity contribution in [2.75, 3.05) is 24.1 Å². The van der Waals surface area contributed by atoms with Crippen LogP contribution in [0, 0.1) is 0 Å². The summed E-state index contributed by atoms with van der Waals surface area (Å²) in [4.78, 5) is 6.32. The molecule has 0 saturated heterocycles. The van der Waals surface area contributed by atoms with Crippen LogP contribution in [0.25, 0.3) is 5.70 Å². The Labute approximate surface area is 150 Å². The van der Waals surface area contributed by atoms with Gasteiger partial charge in [-0.2, -0.15) is 0 Å². The number of sulfone groups is 1. The molecule has 0 unspecified atom stereocenters. The molecule has 0 bridgehead atoms. The predicted molar refractivity (Wildman–Crippen MR) is 98.3 cm³/mol. The van der Waals surface area contributed by atoms with Gasteiger partial charge in [-0.25, -0.2) is 13.4 Å². The molecule has 0 aliphatic carbocycles. The molecule has 126 valence electrons. The van der Waals surface area contributed by atoms with Crippen molar-refractivity contribution < 1.29 is 13.2 Å². The van der Waals surface area contributed by atoms with Crippen molar-refractivity contribution >= 4 is 44.6 Å². The van der Waals surface area contributed by atoms with Gasteiger partial charge in [0.15, 0.2) is 9.84 Å². The molecule has 8 heteroatoms. The number of aromatic nitrogens is 1. The fraction of sp³-hybridized carbons (Fsp3) is 0.188. The van der Waals surface area contributed by atoms with Gasteiger partial charge in [0.2, 0.25) is 5.88 Å². The first-order valence-corrected chi connectivity index (χ1v) is 10.3. The molecule has 1 aliphatic rings. The maximum Gasteiger partial charge on any atom is 0.213 e. The minimum Gasteiger partial charge on any atom is -0.481 e. The Hall–Kier alpha value is -1.70. The predicted octanol–water partition coefficient (Wildman–Crippen LogP) is 3.66. The van der Waals surface area contributed by atoms with E-state index in [4.69, 9.17) is 16.3 Å². The highest BCUT2D eigenvalue weighted by molar-refractivity contribution is 8.02. The third-order valence-electron chi connectivity index (χ3n) is 3.56. The van der Waals surface area contributed by atoms with E-state index < -0.39 is 9.84 Å². The van der Waals surface area contributed by atoms with Crippen LogP contribution in [0.15, 0.2) is 46.8 Å². The number of halogens is 1. The van der Waals surface area contributed by atoms with Gasteiger partial charge in [0.1, 0.15) is 0 Å². The van der Waals surface area contributed by atoms with Crippen molar-refractivity contribution in [2.24, 2.45) is 0 Å². The Bertz CT molecular complexity index is 913. The topological polar surface area (TPSA) is 59.5 Å². The molecule has 0 radical (unpaired) electrons. The molecule has 0 spiro atoms. The van der Waals surface area contributed by atoms with E-state index in [0.717, 1.165) is 23.2 Å². The summed E-state index contributed by atoms with van der Waals surface area (Å²) in [6.45, 7) is 0. The molecule has 0 saturated carbocycles. The van der Waals surface area contributed by atoms with E-state index >= 15 is 0 Å². The van der Waals surface area contributed by atoms with E-state index in [9.17, 15) is 8.42 Å². The summed E-state index contributed by atoms with van der Waals surface area (Å²) in [6, 6.07) is 8.74. The Morgan fingerprint density at radius 1 is 1.29 bits per heavy atom. The average molecular weight is 383 g/mol. The second-order valence-corrected chi connectivity index (χ2v) is 8.42. The lowest BCUT2D eigenvalue weighted by atomic mass is 10.2. The zero-order chi connectivity index (χ0) is 17.3. The number of rotatable bonds is 4. The summed E-state index contributed by atoms with van der Waals surface area (Å²) in [5.41, 5.74) is 2.79. The number of methoxy groups -OCH3 is 1. The van der Waals surface area contributed by atoms with Gasteiger partial charge in [0, 0.05) is 29.8 Å². The highest BCUT2D eigenvalue weighted by Gasteiger charge is 2.21. The molecular weight excluding hydrogens is 368 g/mol. The first-order chi connectivity index (χ1) is 11.4. The Morgan fingerprint density at radius 3 is 2.75 bits per heavy atom. The lowest BCUT2D eigenvalue weighted by Crippen LogP contribution is -2.17. The molecule has 1 aromatic heterocycles. The standard InChI is InChI=1S/C16H15ClN2O3S2/c1-22-16-7-11(5-6-18-16)14-9-23-10-19(14)12-3-4-15(13(17)8-12)24(2,20)21/h3-9H,10H2,1-2H3. The van der Waals surface area contributed by atoms with Crippen molar-refractivity contribution in [1.29, 1.82) is 0 Å². The maximum atomic E-state index is 11.7. The molecule has 2 heterocycles. The number of ether oxygens (including phenoxy) is 1. The van der Waals surface area contributed by atoms with Crippen molar-refractivity contribution in [3.05, 3.63) is 52.5 Å². The van der Waals surface area contributed by atoms with E-state index in [0.29, 0.717) is 11.8 Å². The number of thioether (sulfide) groups is 1. The fourth-order valence-corrected chi connectivity index (χ4v) is 4.66. The lowest BCUT2D eigenvalue weighted by Gasteiger charge is -2.22. The van der Waals surface area contributed by atoms with Gasteiger partial charge in [0.05, 0.1) is 28.6 Å². The van der Waals surface area contributed by atoms with Crippen LogP contribution in [0.2, 0.25) is 5.02 Å². The first-order valence-electron chi connectivity index (χ1n) is 6.99. The molecule has 5 nitrogen and oxygen atoms in total. The van der Waals surface area contributed by atoms with Gasteiger partial charge in [-0.05, 0) is 29.7 Å². The fourth-order valence-electron chi connectivity index (χ4n) is 2.40. The second kappa shape index (κ2) is 6.66. The average Bonchev–Trinajstić information content (AvgIpc) is 3.03. The van der Waals surface area contributed by atoms with E-state index in [1.54, 1.807) is 43.3 Å². The highest BCUT2D eigenvalue weighted by atomic mass is 35.5. The molecule has 0 atom stereocenters. The number of benzene rings is 1. The van der Waals surface area contributed by atoms with Crippen LogP contribution in [-0.4, -0.2) is 32.6 Å². The van der Waals surface area contributed by atoms with Crippen LogP contribution in [0.5, 0.6) is 5.88 Å². The van der Waals surface area contributed by atoms with E-state index in [1.807, 2.05) is 17.5 Å². The van der Waals surface area contributed by atoms with Gasteiger partial charge >= 0.3 is 0 Å². The summed E-state index contributed by atoms with van der Waals surface area (Å²) < 4.78 is 28.6. The molecule has 1 aromatic carbocycles. The summed E-state index contributed by atoms with van der Waals surface area (Å²) in [5.74, 6) is 1.25. The molecule has 24 heavy (non-hydrogen) atoms. The maximum absolute atomic E-state index is 11.7.